The molecule has 0 saturated carbocycles. The molecule has 0 aliphatic rings. The van der Waals surface area contributed by atoms with Gasteiger partial charge in [-0.1, -0.05) is 45.1 Å². The molecule has 0 amide bonds. The van der Waals surface area contributed by atoms with Crippen molar-refractivity contribution in [3.8, 4) is 5.75 Å². The van der Waals surface area contributed by atoms with Crippen molar-refractivity contribution in [3.05, 3.63) is 66.5 Å². The summed E-state index contributed by atoms with van der Waals surface area (Å²) in [5.41, 5.74) is 0.791. The van der Waals surface area contributed by atoms with Crippen molar-refractivity contribution in [1.82, 2.24) is 0 Å². The normalized spacial score (nSPS) is 11.7. The molecule has 0 atom stereocenters. The van der Waals surface area contributed by atoms with Crippen LogP contribution in [0.15, 0.2) is 65.9 Å². The molecule has 1 N–H and O–H groups in total. The number of benzene rings is 1. The third kappa shape index (κ3) is 15.4. The van der Waals surface area contributed by atoms with E-state index in [-0.39, 0.29) is 11.3 Å². The second-order valence-corrected chi connectivity index (χ2v) is 5.33. The summed E-state index contributed by atoms with van der Waals surface area (Å²) in [6.07, 6.45) is 2.82. The highest BCUT2D eigenvalue weighted by atomic mass is 19.4. The zero-order chi connectivity index (χ0) is 22.2. The van der Waals surface area contributed by atoms with E-state index < -0.39 is 17.9 Å². The molecule has 0 spiro atoms. The lowest BCUT2D eigenvalue weighted by Gasteiger charge is -2.10. The summed E-state index contributed by atoms with van der Waals surface area (Å²) in [6, 6.07) is 5.22. The first-order chi connectivity index (χ1) is 13.0. The minimum Gasteiger partial charge on any atom is -0.508 e. The number of ether oxygens (including phenoxy) is 1. The molecule has 0 saturated heterocycles. The maximum atomic E-state index is 11.9. The van der Waals surface area contributed by atoms with Crippen molar-refractivity contribution in [2.45, 2.75) is 40.5 Å². The van der Waals surface area contributed by atoms with Crippen molar-refractivity contribution in [1.29, 1.82) is 0 Å². The number of allylic oxidation sites excluding steroid dienone is 4. The van der Waals surface area contributed by atoms with E-state index in [4.69, 9.17) is 5.11 Å². The highest BCUT2D eigenvalue weighted by molar-refractivity contribution is 5.96. The third-order valence-electron chi connectivity index (χ3n) is 2.63. The Hall–Kier alpha value is -2.83. The minimum atomic E-state index is -4.77. The first-order valence-corrected chi connectivity index (χ1v) is 8.51. The second kappa shape index (κ2) is 15.2. The Labute approximate surface area is 164 Å². The largest absolute Gasteiger partial charge is 0.573 e. The van der Waals surface area contributed by atoms with Gasteiger partial charge in [0.1, 0.15) is 11.5 Å². The van der Waals surface area contributed by atoms with Crippen LogP contribution in [0.25, 0.3) is 0 Å². The van der Waals surface area contributed by atoms with Crippen LogP contribution in [-0.2, 0) is 0 Å². The van der Waals surface area contributed by atoms with Crippen LogP contribution in [0.1, 0.15) is 44.5 Å². The van der Waals surface area contributed by atoms with Gasteiger partial charge in [0.2, 0.25) is 0 Å². The Bertz CT molecular complexity index is 690. The molecule has 156 valence electrons. The SMILES string of the molecule is C=C/C=C(O)/C=C/C(C)=NC.CC(=O)c1ccccc1OC(F)(F)F.CCC. The number of halogens is 3. The summed E-state index contributed by atoms with van der Waals surface area (Å²) in [5.74, 6) is -0.750. The van der Waals surface area contributed by atoms with Crippen molar-refractivity contribution in [2.24, 2.45) is 4.99 Å². The van der Waals surface area contributed by atoms with Crippen LogP contribution in [0.5, 0.6) is 5.75 Å². The summed E-state index contributed by atoms with van der Waals surface area (Å²) >= 11 is 0. The number of para-hydroxylation sites is 1. The van der Waals surface area contributed by atoms with Gasteiger partial charge in [0.05, 0.1) is 5.56 Å². The first kappa shape index (κ1) is 27.4. The van der Waals surface area contributed by atoms with Crippen molar-refractivity contribution in [2.75, 3.05) is 7.05 Å². The zero-order valence-electron chi connectivity index (χ0n) is 16.9. The molecule has 0 heterocycles. The third-order valence-corrected chi connectivity index (χ3v) is 2.63. The number of aliphatic imine (C=N–C) groups is 1. The van der Waals surface area contributed by atoms with Crippen LogP contribution in [-0.4, -0.2) is 30.0 Å². The van der Waals surface area contributed by atoms with Crippen molar-refractivity contribution < 1.29 is 27.8 Å². The van der Waals surface area contributed by atoms with Gasteiger partial charge in [-0.15, -0.1) is 13.2 Å². The van der Waals surface area contributed by atoms with Crippen LogP contribution in [0.3, 0.4) is 0 Å². The van der Waals surface area contributed by atoms with Gasteiger partial charge < -0.3 is 9.84 Å². The monoisotopic (exact) mass is 399 g/mol. The molecule has 7 heteroatoms. The number of alkyl halides is 3. The molecule has 0 bridgehead atoms. The predicted octanol–water partition coefficient (Wildman–Crippen LogP) is 6.47. The van der Waals surface area contributed by atoms with E-state index in [0.717, 1.165) is 11.8 Å². The van der Waals surface area contributed by atoms with Crippen LogP contribution in [0.2, 0.25) is 0 Å². The molecule has 4 nitrogen and oxygen atoms in total. The number of aliphatic hydroxyl groups excluding tert-OH is 1. The summed E-state index contributed by atoms with van der Waals surface area (Å²) in [6.45, 7) is 10.7. The van der Waals surface area contributed by atoms with Gasteiger partial charge in [0.25, 0.3) is 0 Å². The van der Waals surface area contributed by atoms with E-state index in [2.05, 4.69) is 30.2 Å². The number of ketones is 1. The van der Waals surface area contributed by atoms with Crippen LogP contribution >= 0.6 is 0 Å². The number of hydrogen-bond donors (Lipinski definition) is 1. The van der Waals surface area contributed by atoms with E-state index in [0.29, 0.717) is 0 Å². The Morgan fingerprint density at radius 3 is 2.18 bits per heavy atom. The fourth-order valence-corrected chi connectivity index (χ4v) is 1.43. The molecular weight excluding hydrogens is 371 g/mol. The average Bonchev–Trinajstić information content (AvgIpc) is 2.60. The zero-order valence-corrected chi connectivity index (χ0v) is 16.9. The van der Waals surface area contributed by atoms with Crippen LogP contribution in [0, 0.1) is 0 Å². The van der Waals surface area contributed by atoms with Crippen LogP contribution in [0.4, 0.5) is 13.2 Å². The fraction of sp³-hybridized carbons (Fsp3) is 0.333. The number of nitrogens with zero attached hydrogens (tertiary/aromatic N) is 1. The smallest absolute Gasteiger partial charge is 0.508 e. The molecule has 28 heavy (non-hydrogen) atoms. The summed E-state index contributed by atoms with van der Waals surface area (Å²) in [5, 5.41) is 9.04. The van der Waals surface area contributed by atoms with Gasteiger partial charge in [-0.25, -0.2) is 0 Å². The molecule has 1 aromatic rings. The van der Waals surface area contributed by atoms with Gasteiger partial charge in [-0.05, 0) is 44.2 Å². The summed E-state index contributed by atoms with van der Waals surface area (Å²) in [7, 11) is 1.70. The van der Waals surface area contributed by atoms with Gasteiger partial charge in [-0.2, -0.15) is 0 Å². The standard InChI is InChI=1S/C9H7F3O2.C9H13NO.C3H8/c1-6(13)7-4-2-3-5-8(7)14-9(10,11)12;1-4-5-9(11)7-6-8(2)10-3;1-3-2/h2-5H,1H3;4-7,11H,1H2,2-3H3;3H2,1-2H3/b;7-6+,9-5-,10-8?;. The van der Waals surface area contributed by atoms with E-state index in [1.54, 1.807) is 19.2 Å². The van der Waals surface area contributed by atoms with Crippen LogP contribution < -0.4 is 4.74 Å². The maximum Gasteiger partial charge on any atom is 0.573 e. The molecule has 1 aromatic carbocycles. The predicted molar refractivity (Wildman–Crippen MR) is 108 cm³/mol. The number of carbonyl (C=O) groups excluding carboxylic acids is 1. The molecule has 0 fully saturated rings. The number of aliphatic hydroxyl groups is 1. The maximum absolute atomic E-state index is 11.9. The Morgan fingerprint density at radius 2 is 1.75 bits per heavy atom. The van der Waals surface area contributed by atoms with Gasteiger partial charge in [0, 0.05) is 12.8 Å². The van der Waals surface area contributed by atoms with E-state index in [9.17, 15) is 18.0 Å². The van der Waals surface area contributed by atoms with E-state index in [1.807, 2.05) is 6.92 Å². The summed E-state index contributed by atoms with van der Waals surface area (Å²) in [4.78, 5) is 14.8. The highest BCUT2D eigenvalue weighted by Crippen LogP contribution is 2.26. The van der Waals surface area contributed by atoms with E-state index in [1.165, 1.54) is 43.7 Å². The van der Waals surface area contributed by atoms with Crippen molar-refractivity contribution >= 4 is 11.5 Å². The number of hydrogen-bond acceptors (Lipinski definition) is 4. The quantitative estimate of drug-likeness (QED) is 0.267. The Balaban J connectivity index is 0. The first-order valence-electron chi connectivity index (χ1n) is 8.51. The van der Waals surface area contributed by atoms with E-state index >= 15 is 0 Å². The lowest BCUT2D eigenvalue weighted by atomic mass is 10.1. The number of carbonyl (C=O) groups is 1. The Morgan fingerprint density at radius 1 is 1.21 bits per heavy atom. The molecular formula is C21H28F3NO3. The molecule has 0 aliphatic heterocycles. The molecule has 0 aromatic heterocycles. The lowest BCUT2D eigenvalue weighted by molar-refractivity contribution is -0.274. The Kier molecular flexibility index (Phi) is 14.9. The highest BCUT2D eigenvalue weighted by Gasteiger charge is 2.32. The summed E-state index contributed by atoms with van der Waals surface area (Å²) < 4.78 is 39.2. The van der Waals surface area contributed by atoms with Gasteiger partial charge in [0.15, 0.2) is 5.78 Å². The molecule has 0 aliphatic carbocycles. The molecule has 0 unspecified atom stereocenters. The fourth-order valence-electron chi connectivity index (χ4n) is 1.43. The number of Topliss-reactive ketones (excluding diaryl/α,β-unsaturated/α-hetero) is 1. The topological polar surface area (TPSA) is 58.9 Å². The lowest BCUT2D eigenvalue weighted by Crippen LogP contribution is -2.18. The number of rotatable bonds is 5. The second-order valence-electron chi connectivity index (χ2n) is 5.33. The van der Waals surface area contributed by atoms with Gasteiger partial charge in [-0.3, -0.25) is 9.79 Å². The van der Waals surface area contributed by atoms with Crippen molar-refractivity contribution in [3.63, 3.8) is 0 Å². The van der Waals surface area contributed by atoms with Gasteiger partial charge >= 0.3 is 6.36 Å². The average molecular weight is 399 g/mol. The molecule has 1 rings (SSSR count). The molecule has 0 radical (unpaired) electrons. The minimum absolute atomic E-state index is 0.0789.